The van der Waals surface area contributed by atoms with Gasteiger partial charge in [0.1, 0.15) is 0 Å². The van der Waals surface area contributed by atoms with Crippen LogP contribution in [-0.4, -0.2) is 140 Å². The van der Waals surface area contributed by atoms with Crippen molar-refractivity contribution in [3.05, 3.63) is 73.6 Å². The molecule has 0 saturated carbocycles. The molecule has 0 N–H and O–H groups in total. The number of halogens is 18. The highest BCUT2D eigenvalue weighted by Gasteiger charge is 2.55. The molecule has 45 heteroatoms. The first-order valence-corrected chi connectivity index (χ1v) is 24.9. The molecule has 21 nitrogen and oxygen atoms in total. The van der Waals surface area contributed by atoms with Crippen LogP contribution in [0.1, 0.15) is 0 Å². The third-order valence-corrected chi connectivity index (χ3v) is 12.3. The Hall–Kier alpha value is -4.83. The lowest BCUT2D eigenvalue weighted by molar-refractivity contribution is -0.518. The van der Waals surface area contributed by atoms with Gasteiger partial charge in [0.05, 0.1) is 0 Å². The van der Waals surface area contributed by atoms with Crippen LogP contribution in [0.25, 0.3) is 0 Å². The molecule has 0 radical (unpaired) electrons. The van der Waals surface area contributed by atoms with Crippen molar-refractivity contribution >= 4 is 77.5 Å². The summed E-state index contributed by atoms with van der Waals surface area (Å²) in [6.07, 6.45) is 5.16. The van der Waals surface area contributed by atoms with Crippen molar-refractivity contribution in [1.29, 1.82) is 0 Å². The Labute approximate surface area is 395 Å². The summed E-state index contributed by atoms with van der Waals surface area (Å²) in [6, 6.07) is 7.69. The van der Waals surface area contributed by atoms with E-state index >= 15 is 0 Å². The van der Waals surface area contributed by atoms with Crippen molar-refractivity contribution < 1.29 is 155 Å². The van der Waals surface area contributed by atoms with Crippen molar-refractivity contribution in [3.8, 4) is 0 Å². The Balaban J connectivity index is -0.000000818. The minimum absolute atomic E-state index is 0.139. The summed E-state index contributed by atoms with van der Waals surface area (Å²) in [6.45, 7) is 0. The number of nitrogens with zero attached hydrogens (tertiary/aromatic N) is 6. The topological polar surface area (TPSA) is 295 Å². The summed E-state index contributed by atoms with van der Waals surface area (Å²) in [4.78, 5) is 4.93. The largest absolute Gasteiger partial charge is 0.741 e. The predicted octanol–water partition coefficient (Wildman–Crippen LogP) is 2.37. The Morgan fingerprint density at radius 3 is 0.486 bits per heavy atom. The van der Waals surface area contributed by atoms with Gasteiger partial charge in [-0.05, 0) is 0 Å². The van der Waals surface area contributed by atoms with E-state index in [1.165, 1.54) is 36.4 Å². The molecule has 0 atom stereocenters. The quantitative estimate of drug-likeness (QED) is 0.148. The second-order valence-electron chi connectivity index (χ2n) is 12.4. The standard InChI is InChI=1S/3C8H10F3N2O2S.3CHF3O3S/c3*1-12(2)7-3-5-13(6-4-7)16(14,15)8(9,10)11;3*2-1(3,4)8(5,6)7/h3*3-6H,1-2H3;3*(H,5,6,7)/q3*+1;;;/p-3. The number of anilines is 3. The van der Waals surface area contributed by atoms with Crippen LogP contribution in [0.4, 0.5) is 96.1 Å². The summed E-state index contributed by atoms with van der Waals surface area (Å²) >= 11 is 0. The summed E-state index contributed by atoms with van der Waals surface area (Å²) in [5, 5.41) is 0. The molecule has 0 bridgehead atoms. The molecule has 72 heavy (non-hydrogen) atoms. The van der Waals surface area contributed by atoms with Gasteiger partial charge in [0.2, 0.25) is 0 Å². The number of hydrogen-bond acceptors (Lipinski definition) is 18. The number of rotatable bonds is 6. The Morgan fingerprint density at radius 1 is 0.306 bits per heavy atom. The molecule has 0 aliphatic rings. The van der Waals surface area contributed by atoms with Crippen LogP contribution >= 0.6 is 0 Å². The van der Waals surface area contributed by atoms with Crippen molar-refractivity contribution in [1.82, 2.24) is 0 Å². The van der Waals surface area contributed by atoms with E-state index in [1.54, 1.807) is 57.0 Å². The third-order valence-electron chi connectivity index (χ3n) is 6.46. The van der Waals surface area contributed by atoms with E-state index in [0.717, 1.165) is 37.2 Å². The third kappa shape index (κ3) is 22.5. The number of pyridine rings is 3. The molecule has 3 heterocycles. The van der Waals surface area contributed by atoms with E-state index < -0.39 is 93.5 Å². The minimum Gasteiger partial charge on any atom is -0.741 e. The molecular formula is C27H30F18N6O15S6. The first-order valence-electron chi connectivity index (χ1n) is 16.3. The first kappa shape index (κ1) is 71.4. The van der Waals surface area contributed by atoms with Gasteiger partial charge in [-0.2, -0.15) is 104 Å². The van der Waals surface area contributed by atoms with Crippen molar-refractivity contribution in [2.24, 2.45) is 0 Å². The van der Waals surface area contributed by atoms with Crippen LogP contribution in [0, 0.1) is 0 Å². The lowest BCUT2D eigenvalue weighted by Crippen LogP contribution is -2.50. The monoisotopic (exact) mass is 1210 g/mol. The molecule has 0 aromatic carbocycles. The molecule has 3 aromatic heterocycles. The van der Waals surface area contributed by atoms with Gasteiger partial charge >= 0.3 is 63.1 Å². The van der Waals surface area contributed by atoms with E-state index in [-0.39, 0.29) is 11.9 Å². The van der Waals surface area contributed by atoms with Crippen molar-refractivity contribution in [3.63, 3.8) is 0 Å². The van der Waals surface area contributed by atoms with E-state index in [2.05, 4.69) is 0 Å². The van der Waals surface area contributed by atoms with E-state index in [9.17, 15) is 104 Å². The van der Waals surface area contributed by atoms with Gasteiger partial charge in [0.15, 0.2) is 67.5 Å². The van der Waals surface area contributed by atoms with Gasteiger partial charge in [-0.3, -0.25) is 0 Å². The molecule has 0 amide bonds. The lowest BCUT2D eigenvalue weighted by atomic mass is 10.4. The average Bonchev–Trinajstić information content (AvgIpc) is 3.15. The number of hydrogen-bond donors (Lipinski definition) is 0. The van der Waals surface area contributed by atoms with E-state index in [4.69, 9.17) is 38.9 Å². The summed E-state index contributed by atoms with van der Waals surface area (Å²) in [5.41, 5.74) is -31.0. The van der Waals surface area contributed by atoms with Crippen LogP contribution in [0.5, 0.6) is 0 Å². The van der Waals surface area contributed by atoms with Gasteiger partial charge in [-0.1, -0.05) is 11.9 Å². The van der Waals surface area contributed by atoms with E-state index in [0.29, 0.717) is 17.1 Å². The maximum atomic E-state index is 12.2. The molecule has 0 aliphatic heterocycles. The molecule has 0 fully saturated rings. The van der Waals surface area contributed by atoms with Crippen LogP contribution in [0.2, 0.25) is 0 Å². The summed E-state index contributed by atoms with van der Waals surface area (Å²) in [5.74, 6) is 0. The fourth-order valence-electron chi connectivity index (χ4n) is 2.95. The highest BCUT2D eigenvalue weighted by molar-refractivity contribution is 7.87. The molecule has 3 rings (SSSR count). The summed E-state index contributed by atoms with van der Waals surface area (Å²) < 4.78 is 352. The predicted molar refractivity (Wildman–Crippen MR) is 201 cm³/mol. The van der Waals surface area contributed by atoms with Gasteiger partial charge < -0.3 is 28.4 Å². The normalized spacial score (nSPS) is 13.0. The van der Waals surface area contributed by atoms with Crippen LogP contribution < -0.4 is 26.6 Å². The molecule has 420 valence electrons. The zero-order valence-electron chi connectivity index (χ0n) is 35.5. The zero-order chi connectivity index (χ0) is 58.7. The molecule has 0 aliphatic carbocycles. The second-order valence-corrected chi connectivity index (χ2v) is 22.0. The Bertz CT molecular complexity index is 2580. The average molecular weight is 1210 g/mol. The van der Waals surface area contributed by atoms with Crippen LogP contribution in [0.15, 0.2) is 73.6 Å². The second kappa shape index (κ2) is 24.9. The molecule has 0 unspecified atom stereocenters. The maximum absolute atomic E-state index is 12.2. The van der Waals surface area contributed by atoms with Gasteiger partial charge in [0.25, 0.3) is 0 Å². The zero-order valence-corrected chi connectivity index (χ0v) is 40.4. The maximum Gasteiger partial charge on any atom is 0.560 e. The molecule has 3 aromatic rings. The lowest BCUT2D eigenvalue weighted by Gasteiger charge is -2.10. The van der Waals surface area contributed by atoms with Crippen LogP contribution in [0.3, 0.4) is 0 Å². The number of alkyl halides is 18. The summed E-state index contributed by atoms with van der Waals surface area (Å²) in [7, 11) is -24.1. The minimum atomic E-state index is -6.09. The van der Waals surface area contributed by atoms with E-state index in [1.807, 2.05) is 0 Å². The van der Waals surface area contributed by atoms with Gasteiger partial charge in [-0.25, -0.2) is 25.3 Å². The van der Waals surface area contributed by atoms with Crippen molar-refractivity contribution in [2.75, 3.05) is 57.0 Å². The highest BCUT2D eigenvalue weighted by atomic mass is 32.2. The molecular weight excluding hydrogens is 1180 g/mol. The fraction of sp³-hybridized carbons (Fsp3) is 0.444. The van der Waals surface area contributed by atoms with Crippen LogP contribution in [-0.2, 0) is 60.4 Å². The number of aromatic nitrogens is 3. The Kier molecular flexibility index (Phi) is 24.7. The smallest absolute Gasteiger partial charge is 0.560 e. The van der Waals surface area contributed by atoms with Crippen molar-refractivity contribution in [2.45, 2.75) is 33.0 Å². The first-order chi connectivity index (χ1) is 31.2. The molecule has 0 saturated heterocycles. The Morgan fingerprint density at radius 2 is 0.417 bits per heavy atom. The molecule has 0 spiro atoms. The highest BCUT2D eigenvalue weighted by Crippen LogP contribution is 2.25. The fourth-order valence-corrected chi connectivity index (χ4v) is 4.99. The SMILES string of the molecule is CN(C)c1cc[n+](S(=O)(=O)C(F)(F)F)cc1.CN(C)c1cc[n+](S(=O)(=O)C(F)(F)F)cc1.CN(C)c1cc[n+](S(=O)(=O)C(F)(F)F)cc1.O=S(=O)([O-])C(F)(F)F.O=S(=O)([O-])C(F)(F)F.O=S(=O)([O-])C(F)(F)F. The van der Waals surface area contributed by atoms with Gasteiger partial charge in [0, 0.05) is 95.7 Å². The van der Waals surface area contributed by atoms with Gasteiger partial charge in [-0.15, -0.1) is 0 Å².